The highest BCUT2D eigenvalue weighted by atomic mass is 16.5. The summed E-state index contributed by atoms with van der Waals surface area (Å²) in [6, 6.07) is 16.8. The molecule has 0 spiro atoms. The van der Waals surface area contributed by atoms with Crippen molar-refractivity contribution in [1.82, 2.24) is 5.16 Å². The minimum absolute atomic E-state index is 0.323. The van der Waals surface area contributed by atoms with Crippen LogP contribution in [-0.4, -0.2) is 18.2 Å². The maximum absolute atomic E-state index is 11.9. The van der Waals surface area contributed by atoms with Gasteiger partial charge in [-0.2, -0.15) is 0 Å². The largest absolute Gasteiger partial charge is 0.465 e. The number of carbonyl (C=O) groups is 1. The molecule has 0 amide bonds. The Balaban J connectivity index is 1.96. The standard InChI is InChI=1S/C18H15NO4/c1-12-16(18(20)21-2)17(19-23-12)13-7-6-10-15(11-13)22-14-8-4-3-5-9-14/h3-11H,1-2H3. The van der Waals surface area contributed by atoms with E-state index in [0.717, 1.165) is 11.3 Å². The molecule has 3 aromatic rings. The molecule has 0 fully saturated rings. The Morgan fingerprint density at radius 1 is 1.04 bits per heavy atom. The first-order chi connectivity index (χ1) is 11.2. The van der Waals surface area contributed by atoms with Crippen LogP contribution in [0.25, 0.3) is 11.3 Å². The second-order valence-electron chi connectivity index (χ2n) is 4.90. The van der Waals surface area contributed by atoms with Gasteiger partial charge in [0.25, 0.3) is 0 Å². The third kappa shape index (κ3) is 3.08. The number of esters is 1. The van der Waals surface area contributed by atoms with Crippen LogP contribution in [0.4, 0.5) is 0 Å². The van der Waals surface area contributed by atoms with E-state index in [1.54, 1.807) is 13.0 Å². The van der Waals surface area contributed by atoms with Crippen LogP contribution in [0.3, 0.4) is 0 Å². The molecule has 0 saturated carbocycles. The topological polar surface area (TPSA) is 61.6 Å². The van der Waals surface area contributed by atoms with Crippen molar-refractivity contribution in [3.8, 4) is 22.8 Å². The summed E-state index contributed by atoms with van der Waals surface area (Å²) >= 11 is 0. The lowest BCUT2D eigenvalue weighted by molar-refractivity contribution is 0.0599. The van der Waals surface area contributed by atoms with Crippen molar-refractivity contribution in [2.45, 2.75) is 6.92 Å². The van der Waals surface area contributed by atoms with E-state index in [1.807, 2.05) is 48.5 Å². The molecule has 0 radical (unpaired) electrons. The predicted molar refractivity (Wildman–Crippen MR) is 84.5 cm³/mol. The summed E-state index contributed by atoms with van der Waals surface area (Å²) < 4.78 is 15.7. The average molecular weight is 309 g/mol. The Morgan fingerprint density at radius 2 is 1.78 bits per heavy atom. The summed E-state index contributed by atoms with van der Waals surface area (Å²) in [5, 5.41) is 3.97. The fraction of sp³-hybridized carbons (Fsp3) is 0.111. The van der Waals surface area contributed by atoms with Crippen LogP contribution in [0.1, 0.15) is 16.1 Å². The molecule has 0 N–H and O–H groups in total. The van der Waals surface area contributed by atoms with Crippen LogP contribution >= 0.6 is 0 Å². The molecule has 5 heteroatoms. The highest BCUT2D eigenvalue weighted by molar-refractivity contribution is 5.97. The molecule has 0 aliphatic carbocycles. The van der Waals surface area contributed by atoms with E-state index in [4.69, 9.17) is 14.0 Å². The minimum atomic E-state index is -0.479. The second kappa shape index (κ2) is 6.36. The van der Waals surface area contributed by atoms with Crippen LogP contribution < -0.4 is 4.74 Å². The van der Waals surface area contributed by atoms with Crippen LogP contribution in [0.5, 0.6) is 11.5 Å². The molecular formula is C18H15NO4. The summed E-state index contributed by atoms with van der Waals surface area (Å²) in [6.07, 6.45) is 0. The molecule has 0 bridgehead atoms. The van der Waals surface area contributed by atoms with Crippen LogP contribution in [0, 0.1) is 6.92 Å². The Labute approximate surface area is 133 Å². The number of ether oxygens (including phenoxy) is 2. The molecule has 3 rings (SSSR count). The summed E-state index contributed by atoms with van der Waals surface area (Å²) in [4.78, 5) is 11.9. The van der Waals surface area contributed by atoms with Gasteiger partial charge >= 0.3 is 5.97 Å². The van der Waals surface area contributed by atoms with E-state index in [0.29, 0.717) is 22.8 Å². The van der Waals surface area contributed by atoms with Crippen molar-refractivity contribution >= 4 is 5.97 Å². The number of hydrogen-bond donors (Lipinski definition) is 0. The first kappa shape index (κ1) is 14.8. The summed E-state index contributed by atoms with van der Waals surface area (Å²) in [5.74, 6) is 1.31. The molecule has 0 aliphatic rings. The van der Waals surface area contributed by atoms with Crippen LogP contribution in [0.15, 0.2) is 59.1 Å². The number of benzene rings is 2. The SMILES string of the molecule is COC(=O)c1c(-c2cccc(Oc3ccccc3)c2)noc1C. The number of methoxy groups -OCH3 is 1. The van der Waals surface area contributed by atoms with Gasteiger partial charge in [0, 0.05) is 5.56 Å². The average Bonchev–Trinajstić information content (AvgIpc) is 2.97. The molecule has 1 aromatic heterocycles. The third-order valence-electron chi connectivity index (χ3n) is 3.34. The zero-order valence-electron chi connectivity index (χ0n) is 12.8. The molecule has 5 nitrogen and oxygen atoms in total. The fourth-order valence-electron chi connectivity index (χ4n) is 2.24. The van der Waals surface area contributed by atoms with E-state index in [-0.39, 0.29) is 0 Å². The Bertz CT molecular complexity index is 824. The van der Waals surface area contributed by atoms with Crippen LogP contribution in [-0.2, 0) is 4.74 Å². The maximum Gasteiger partial charge on any atom is 0.343 e. The number of aryl methyl sites for hydroxylation is 1. The Kier molecular flexibility index (Phi) is 4.10. The smallest absolute Gasteiger partial charge is 0.343 e. The first-order valence-electron chi connectivity index (χ1n) is 7.07. The minimum Gasteiger partial charge on any atom is -0.465 e. The lowest BCUT2D eigenvalue weighted by atomic mass is 10.1. The fourth-order valence-corrected chi connectivity index (χ4v) is 2.24. The summed E-state index contributed by atoms with van der Waals surface area (Å²) in [7, 11) is 1.33. The third-order valence-corrected chi connectivity index (χ3v) is 3.34. The molecule has 1 heterocycles. The Morgan fingerprint density at radius 3 is 2.52 bits per heavy atom. The van der Waals surface area contributed by atoms with Crippen molar-refractivity contribution in [3.05, 3.63) is 65.9 Å². The van der Waals surface area contributed by atoms with Crippen molar-refractivity contribution in [1.29, 1.82) is 0 Å². The number of carbonyl (C=O) groups excluding carboxylic acids is 1. The molecule has 0 unspecified atom stereocenters. The molecular weight excluding hydrogens is 294 g/mol. The van der Waals surface area contributed by atoms with Gasteiger partial charge in [0.2, 0.25) is 0 Å². The maximum atomic E-state index is 11.9. The summed E-state index contributed by atoms with van der Waals surface area (Å²) in [6.45, 7) is 1.67. The van der Waals surface area contributed by atoms with Gasteiger partial charge in [-0.1, -0.05) is 35.5 Å². The van der Waals surface area contributed by atoms with E-state index < -0.39 is 5.97 Å². The van der Waals surface area contributed by atoms with Gasteiger partial charge in [0.05, 0.1) is 7.11 Å². The zero-order chi connectivity index (χ0) is 16.2. The number of rotatable bonds is 4. The number of hydrogen-bond acceptors (Lipinski definition) is 5. The van der Waals surface area contributed by atoms with Crippen molar-refractivity contribution < 1.29 is 18.8 Å². The Hall–Kier alpha value is -3.08. The molecule has 116 valence electrons. The first-order valence-corrected chi connectivity index (χ1v) is 7.07. The van der Waals surface area contributed by atoms with Crippen molar-refractivity contribution in [3.63, 3.8) is 0 Å². The molecule has 2 aromatic carbocycles. The molecule has 23 heavy (non-hydrogen) atoms. The quantitative estimate of drug-likeness (QED) is 0.675. The number of aromatic nitrogens is 1. The van der Waals surface area contributed by atoms with Crippen molar-refractivity contribution in [2.75, 3.05) is 7.11 Å². The summed E-state index contributed by atoms with van der Waals surface area (Å²) in [5.41, 5.74) is 1.48. The van der Waals surface area contributed by atoms with Gasteiger partial charge in [-0.25, -0.2) is 4.79 Å². The van der Waals surface area contributed by atoms with Gasteiger partial charge in [0.1, 0.15) is 28.5 Å². The van der Waals surface area contributed by atoms with Gasteiger partial charge in [-0.05, 0) is 31.2 Å². The molecule has 0 saturated heterocycles. The second-order valence-corrected chi connectivity index (χ2v) is 4.90. The highest BCUT2D eigenvalue weighted by Crippen LogP contribution is 2.30. The van der Waals surface area contributed by atoms with Crippen molar-refractivity contribution in [2.24, 2.45) is 0 Å². The van der Waals surface area contributed by atoms with Gasteiger partial charge < -0.3 is 14.0 Å². The van der Waals surface area contributed by atoms with E-state index in [1.165, 1.54) is 7.11 Å². The van der Waals surface area contributed by atoms with Gasteiger partial charge in [-0.15, -0.1) is 0 Å². The van der Waals surface area contributed by atoms with E-state index in [9.17, 15) is 4.79 Å². The number of para-hydroxylation sites is 1. The zero-order valence-corrected chi connectivity index (χ0v) is 12.8. The molecule has 0 atom stereocenters. The van der Waals surface area contributed by atoms with E-state index >= 15 is 0 Å². The van der Waals surface area contributed by atoms with Crippen LogP contribution in [0.2, 0.25) is 0 Å². The molecule has 0 aliphatic heterocycles. The monoisotopic (exact) mass is 309 g/mol. The highest BCUT2D eigenvalue weighted by Gasteiger charge is 2.22. The number of nitrogens with zero attached hydrogens (tertiary/aromatic N) is 1. The lowest BCUT2D eigenvalue weighted by Gasteiger charge is -2.07. The van der Waals surface area contributed by atoms with Gasteiger partial charge in [-0.3, -0.25) is 0 Å². The van der Waals surface area contributed by atoms with Gasteiger partial charge in [0.15, 0.2) is 0 Å². The predicted octanol–water partition coefficient (Wildman–Crippen LogP) is 4.23. The lowest BCUT2D eigenvalue weighted by Crippen LogP contribution is -2.03. The van der Waals surface area contributed by atoms with E-state index in [2.05, 4.69) is 5.16 Å². The normalized spacial score (nSPS) is 10.3.